The summed E-state index contributed by atoms with van der Waals surface area (Å²) < 4.78 is 16.8. The van der Waals surface area contributed by atoms with Gasteiger partial charge in [-0.2, -0.15) is 5.26 Å². The zero-order valence-electron chi connectivity index (χ0n) is 15.1. The average molecular weight is 356 g/mol. The van der Waals surface area contributed by atoms with Crippen LogP contribution in [0.2, 0.25) is 0 Å². The number of nitriles is 1. The van der Waals surface area contributed by atoms with Crippen LogP contribution in [0.5, 0.6) is 5.75 Å². The maximum Gasteiger partial charge on any atom is 0.303 e. The van der Waals surface area contributed by atoms with Crippen LogP contribution in [0, 0.1) is 11.3 Å². The maximum absolute atomic E-state index is 12.6. The zero-order chi connectivity index (χ0) is 19.1. The van der Waals surface area contributed by atoms with Crippen LogP contribution in [-0.2, 0) is 19.1 Å². The number of rotatable bonds is 3. The Morgan fingerprint density at radius 1 is 1.42 bits per heavy atom. The second-order valence-electron chi connectivity index (χ2n) is 6.83. The molecule has 0 aliphatic carbocycles. The molecule has 1 aromatic carbocycles. The third kappa shape index (κ3) is 2.99. The highest BCUT2D eigenvalue weighted by atomic mass is 16.6. The first kappa shape index (κ1) is 17.8. The van der Waals surface area contributed by atoms with Gasteiger partial charge in [0.05, 0.1) is 25.3 Å². The summed E-state index contributed by atoms with van der Waals surface area (Å²) in [4.78, 5) is 25.9. The summed E-state index contributed by atoms with van der Waals surface area (Å²) in [6, 6.07) is 6.53. The molecule has 2 heterocycles. The average Bonchev–Trinajstić information content (AvgIpc) is 2.95. The van der Waals surface area contributed by atoms with Crippen molar-refractivity contribution in [2.24, 2.45) is 0 Å². The molecular formula is C19H20N2O5. The normalized spacial score (nSPS) is 23.4. The maximum atomic E-state index is 12.6. The minimum atomic E-state index is -0.867. The lowest BCUT2D eigenvalue weighted by molar-refractivity contribution is -0.171. The number of ether oxygens (including phenoxy) is 3. The predicted octanol–water partition coefficient (Wildman–Crippen LogP) is 2.07. The molecule has 0 unspecified atom stereocenters. The third-order valence-electron chi connectivity index (χ3n) is 4.59. The molecule has 0 spiro atoms. The Morgan fingerprint density at radius 2 is 2.15 bits per heavy atom. The molecule has 2 aliphatic heterocycles. The van der Waals surface area contributed by atoms with Crippen molar-refractivity contribution in [3.05, 3.63) is 41.2 Å². The minimum absolute atomic E-state index is 0.241. The molecule has 1 amide bonds. The largest absolute Gasteiger partial charge is 0.499 e. The van der Waals surface area contributed by atoms with Gasteiger partial charge in [-0.25, -0.2) is 0 Å². The fraction of sp³-hybridized carbons (Fsp3) is 0.421. The number of hydrogen-bond donors (Lipinski definition) is 0. The number of esters is 1. The molecule has 0 saturated heterocycles. The molecule has 7 heteroatoms. The quantitative estimate of drug-likeness (QED) is 0.771. The molecule has 0 saturated carbocycles. The van der Waals surface area contributed by atoms with Crippen molar-refractivity contribution < 1.29 is 23.8 Å². The van der Waals surface area contributed by atoms with Gasteiger partial charge in [0, 0.05) is 18.6 Å². The first-order valence-corrected chi connectivity index (χ1v) is 8.22. The van der Waals surface area contributed by atoms with E-state index in [1.807, 2.05) is 0 Å². The number of methoxy groups -OCH3 is 1. The topological polar surface area (TPSA) is 88.9 Å². The summed E-state index contributed by atoms with van der Waals surface area (Å²) in [7, 11) is 1.50. The van der Waals surface area contributed by atoms with E-state index in [-0.39, 0.29) is 12.5 Å². The lowest BCUT2D eigenvalue weighted by Crippen LogP contribution is -2.55. The van der Waals surface area contributed by atoms with Crippen LogP contribution in [0.1, 0.15) is 37.9 Å². The monoisotopic (exact) mass is 356 g/mol. The van der Waals surface area contributed by atoms with Crippen LogP contribution in [0.25, 0.3) is 0 Å². The van der Waals surface area contributed by atoms with E-state index in [9.17, 15) is 14.9 Å². The molecule has 7 nitrogen and oxygen atoms in total. The van der Waals surface area contributed by atoms with Gasteiger partial charge in [0.15, 0.2) is 6.10 Å². The Bertz CT molecular complexity index is 837. The van der Waals surface area contributed by atoms with Crippen LogP contribution in [-0.4, -0.2) is 42.1 Å². The molecule has 0 fully saturated rings. The number of fused-ring (bicyclic) bond motifs is 1. The van der Waals surface area contributed by atoms with Crippen molar-refractivity contribution in [1.82, 2.24) is 4.90 Å². The Kier molecular flexibility index (Phi) is 4.36. The third-order valence-corrected chi connectivity index (χ3v) is 4.59. The summed E-state index contributed by atoms with van der Waals surface area (Å²) in [6.07, 6.45) is 0.677. The second kappa shape index (κ2) is 6.37. The van der Waals surface area contributed by atoms with Gasteiger partial charge in [-0.3, -0.25) is 9.59 Å². The molecule has 2 atom stereocenters. The van der Waals surface area contributed by atoms with E-state index in [1.165, 1.54) is 20.1 Å². The van der Waals surface area contributed by atoms with E-state index >= 15 is 0 Å². The smallest absolute Gasteiger partial charge is 0.303 e. The van der Waals surface area contributed by atoms with E-state index in [0.717, 1.165) is 0 Å². The molecule has 0 radical (unpaired) electrons. The van der Waals surface area contributed by atoms with Crippen LogP contribution in [0.3, 0.4) is 0 Å². The van der Waals surface area contributed by atoms with Gasteiger partial charge in [-0.1, -0.05) is 0 Å². The second-order valence-corrected chi connectivity index (χ2v) is 6.83. The number of carbonyl (C=O) groups is 2. The zero-order valence-corrected chi connectivity index (χ0v) is 15.1. The standard InChI is InChI=1S/C19H20N2O5/c1-11(22)25-18-17(21-10-13(24-4)8-16(21)23)14-7-12(9-20)5-6-15(14)26-19(18,2)3/h5-8,17-18H,10H2,1-4H3/t17-,18+/m0/s1. The van der Waals surface area contributed by atoms with Crippen molar-refractivity contribution in [2.75, 3.05) is 13.7 Å². The van der Waals surface area contributed by atoms with Crippen molar-refractivity contribution in [2.45, 2.75) is 38.5 Å². The van der Waals surface area contributed by atoms with Gasteiger partial charge >= 0.3 is 5.97 Å². The number of benzene rings is 1. The number of nitrogens with zero attached hydrogens (tertiary/aromatic N) is 2. The number of amides is 1. The van der Waals surface area contributed by atoms with E-state index in [2.05, 4.69) is 6.07 Å². The fourth-order valence-corrected chi connectivity index (χ4v) is 3.41. The van der Waals surface area contributed by atoms with Crippen LogP contribution >= 0.6 is 0 Å². The molecule has 0 N–H and O–H groups in total. The highest BCUT2D eigenvalue weighted by Gasteiger charge is 2.50. The fourth-order valence-electron chi connectivity index (χ4n) is 3.41. The Balaban J connectivity index is 2.13. The Labute approximate surface area is 151 Å². The first-order chi connectivity index (χ1) is 12.3. The number of carbonyl (C=O) groups excluding carboxylic acids is 2. The SMILES string of the molecule is COC1=CC(=O)N([C@H]2c3cc(C#N)ccc3OC(C)(C)[C@@H]2OC(C)=O)C1. The van der Waals surface area contributed by atoms with Gasteiger partial charge < -0.3 is 19.1 Å². The molecule has 3 rings (SSSR count). The van der Waals surface area contributed by atoms with Crippen molar-refractivity contribution in [1.29, 1.82) is 5.26 Å². The van der Waals surface area contributed by atoms with Gasteiger partial charge in [0.1, 0.15) is 23.2 Å². The van der Waals surface area contributed by atoms with E-state index in [4.69, 9.17) is 14.2 Å². The molecule has 0 bridgehead atoms. The lowest BCUT2D eigenvalue weighted by atomic mass is 9.84. The predicted molar refractivity (Wildman–Crippen MR) is 91.0 cm³/mol. The molecular weight excluding hydrogens is 336 g/mol. The Hall–Kier alpha value is -3.01. The molecule has 136 valence electrons. The van der Waals surface area contributed by atoms with Crippen molar-refractivity contribution in [3.63, 3.8) is 0 Å². The van der Waals surface area contributed by atoms with Crippen LogP contribution in [0.4, 0.5) is 0 Å². The lowest BCUT2D eigenvalue weighted by Gasteiger charge is -2.46. The van der Waals surface area contributed by atoms with Gasteiger partial charge in [-0.15, -0.1) is 0 Å². The van der Waals surface area contributed by atoms with E-state index < -0.39 is 23.7 Å². The highest BCUT2D eigenvalue weighted by Crippen LogP contribution is 2.45. The molecule has 26 heavy (non-hydrogen) atoms. The molecule has 0 aromatic heterocycles. The molecule has 2 aliphatic rings. The minimum Gasteiger partial charge on any atom is -0.499 e. The Morgan fingerprint density at radius 3 is 2.73 bits per heavy atom. The van der Waals surface area contributed by atoms with Gasteiger partial charge in [0.2, 0.25) is 0 Å². The number of hydrogen-bond acceptors (Lipinski definition) is 6. The van der Waals surface area contributed by atoms with E-state index in [1.54, 1.807) is 36.9 Å². The van der Waals surface area contributed by atoms with Gasteiger partial charge in [0.25, 0.3) is 5.91 Å². The summed E-state index contributed by atoms with van der Waals surface area (Å²) in [5, 5.41) is 9.25. The highest BCUT2D eigenvalue weighted by molar-refractivity contribution is 5.91. The summed E-state index contributed by atoms with van der Waals surface area (Å²) in [5.41, 5.74) is 0.201. The molecule has 1 aromatic rings. The van der Waals surface area contributed by atoms with Gasteiger partial charge in [-0.05, 0) is 32.0 Å². The van der Waals surface area contributed by atoms with Crippen molar-refractivity contribution in [3.8, 4) is 11.8 Å². The van der Waals surface area contributed by atoms with Crippen LogP contribution < -0.4 is 4.74 Å². The summed E-state index contributed by atoms with van der Waals surface area (Å²) >= 11 is 0. The van der Waals surface area contributed by atoms with Crippen LogP contribution in [0.15, 0.2) is 30.0 Å². The summed E-state index contributed by atoms with van der Waals surface area (Å²) in [6.45, 7) is 5.18. The summed E-state index contributed by atoms with van der Waals surface area (Å²) in [5.74, 6) is 0.373. The van der Waals surface area contributed by atoms with Crippen molar-refractivity contribution >= 4 is 11.9 Å². The first-order valence-electron chi connectivity index (χ1n) is 8.22. The van der Waals surface area contributed by atoms with E-state index in [0.29, 0.717) is 22.6 Å².